The number of aromatic nitrogens is 3. The second-order valence-electron chi connectivity index (χ2n) is 7.32. The topological polar surface area (TPSA) is 98.1 Å². The molecular formula is C24H27N5O3S. The molecule has 172 valence electrons. The summed E-state index contributed by atoms with van der Waals surface area (Å²) in [5, 5.41) is 14.9. The number of nitrogens with one attached hydrogen (secondary N) is 2. The molecule has 33 heavy (non-hydrogen) atoms. The van der Waals surface area contributed by atoms with Gasteiger partial charge in [-0.05, 0) is 49.7 Å². The Morgan fingerprint density at radius 1 is 1.18 bits per heavy atom. The van der Waals surface area contributed by atoms with Crippen molar-refractivity contribution in [1.82, 2.24) is 20.1 Å². The Labute approximate surface area is 197 Å². The number of allylic oxidation sites excluding steroid dienone is 1. The zero-order chi connectivity index (χ0) is 23.8. The van der Waals surface area contributed by atoms with Crippen LogP contribution in [0.25, 0.3) is 0 Å². The molecule has 2 N–H and O–H groups in total. The van der Waals surface area contributed by atoms with E-state index in [0.717, 1.165) is 11.3 Å². The van der Waals surface area contributed by atoms with Crippen LogP contribution in [0.5, 0.6) is 5.75 Å². The molecule has 1 atom stereocenters. The van der Waals surface area contributed by atoms with E-state index in [0.29, 0.717) is 28.8 Å². The number of carbonyl (C=O) groups excluding carboxylic acids is 2. The van der Waals surface area contributed by atoms with Crippen molar-refractivity contribution in [3.05, 3.63) is 78.1 Å². The molecule has 0 aliphatic rings. The number of nitrogens with zero attached hydrogens (tertiary/aromatic N) is 3. The Morgan fingerprint density at radius 2 is 1.91 bits per heavy atom. The minimum atomic E-state index is -0.401. The number of benzene rings is 2. The molecule has 0 fully saturated rings. The lowest BCUT2D eigenvalue weighted by Gasteiger charge is -2.15. The van der Waals surface area contributed by atoms with Gasteiger partial charge in [-0.15, -0.1) is 16.8 Å². The Morgan fingerprint density at radius 3 is 2.58 bits per heavy atom. The summed E-state index contributed by atoms with van der Waals surface area (Å²) in [6.07, 6.45) is 1.72. The van der Waals surface area contributed by atoms with Gasteiger partial charge in [0.25, 0.3) is 5.91 Å². The average Bonchev–Trinajstić information content (AvgIpc) is 3.22. The van der Waals surface area contributed by atoms with Crippen LogP contribution in [-0.2, 0) is 11.3 Å². The Bertz CT molecular complexity index is 1130. The second kappa shape index (κ2) is 11.3. The molecule has 1 heterocycles. The highest BCUT2D eigenvalue weighted by atomic mass is 32.2. The zero-order valence-corrected chi connectivity index (χ0v) is 19.7. The van der Waals surface area contributed by atoms with Crippen molar-refractivity contribution < 1.29 is 14.3 Å². The van der Waals surface area contributed by atoms with Crippen molar-refractivity contribution >= 4 is 29.3 Å². The highest BCUT2D eigenvalue weighted by Crippen LogP contribution is 2.22. The summed E-state index contributed by atoms with van der Waals surface area (Å²) in [4.78, 5) is 25.1. The van der Waals surface area contributed by atoms with Gasteiger partial charge in [0.05, 0.1) is 18.9 Å². The molecular weight excluding hydrogens is 438 g/mol. The molecule has 0 bridgehead atoms. The number of rotatable bonds is 10. The molecule has 8 nitrogen and oxygen atoms in total. The average molecular weight is 466 g/mol. The van der Waals surface area contributed by atoms with E-state index in [1.165, 1.54) is 11.8 Å². The summed E-state index contributed by atoms with van der Waals surface area (Å²) in [5.41, 5.74) is 2.29. The Balaban J connectivity index is 1.66. The number of carbonyl (C=O) groups is 2. The molecule has 0 saturated heterocycles. The summed E-state index contributed by atoms with van der Waals surface area (Å²) >= 11 is 1.28. The number of para-hydroxylation sites is 1. The molecule has 0 aliphatic heterocycles. The van der Waals surface area contributed by atoms with Gasteiger partial charge in [-0.3, -0.25) is 9.59 Å². The number of methoxy groups -OCH3 is 1. The van der Waals surface area contributed by atoms with E-state index in [1.807, 2.05) is 42.7 Å². The third-order valence-electron chi connectivity index (χ3n) is 4.90. The fraction of sp³-hybridized carbons (Fsp3) is 0.250. The highest BCUT2D eigenvalue weighted by molar-refractivity contribution is 7.99. The van der Waals surface area contributed by atoms with Gasteiger partial charge in [-0.25, -0.2) is 0 Å². The number of amides is 2. The lowest BCUT2D eigenvalue weighted by Crippen LogP contribution is -2.28. The molecule has 9 heteroatoms. The van der Waals surface area contributed by atoms with Crippen molar-refractivity contribution in [1.29, 1.82) is 0 Å². The molecule has 2 amide bonds. The summed E-state index contributed by atoms with van der Waals surface area (Å²) < 4.78 is 6.97. The summed E-state index contributed by atoms with van der Waals surface area (Å²) in [6, 6.07) is 14.1. The van der Waals surface area contributed by atoms with Gasteiger partial charge < -0.3 is 19.9 Å². The predicted octanol–water partition coefficient (Wildman–Crippen LogP) is 4.00. The van der Waals surface area contributed by atoms with Crippen LogP contribution in [0.15, 0.2) is 66.3 Å². The molecule has 0 radical (unpaired) electrons. The molecule has 3 rings (SSSR count). The first-order valence-electron chi connectivity index (χ1n) is 10.4. The third-order valence-corrected chi connectivity index (χ3v) is 5.86. The first-order valence-corrected chi connectivity index (χ1v) is 11.4. The van der Waals surface area contributed by atoms with Crippen LogP contribution in [0.4, 0.5) is 5.69 Å². The van der Waals surface area contributed by atoms with Crippen molar-refractivity contribution in [2.24, 2.45) is 0 Å². The van der Waals surface area contributed by atoms with Crippen molar-refractivity contribution in [2.45, 2.75) is 31.6 Å². The monoisotopic (exact) mass is 465 g/mol. The number of anilines is 1. The second-order valence-corrected chi connectivity index (χ2v) is 8.26. The van der Waals surface area contributed by atoms with E-state index in [4.69, 9.17) is 4.74 Å². The number of thioether (sulfide) groups is 1. The van der Waals surface area contributed by atoms with Crippen molar-refractivity contribution in [2.75, 3.05) is 18.2 Å². The van der Waals surface area contributed by atoms with Crippen LogP contribution in [0.1, 0.15) is 34.7 Å². The standard InChI is InChI=1S/C24H27N5O3S/c1-5-14-29-22(17(3)25-23(31)18-10-12-19(32-4)13-11-18)27-28-24(29)33-15-21(30)26-20-9-7-6-8-16(20)2/h5-13,17H,1,14-15H2,2-4H3,(H,25,31)(H,26,30)/t17-/m1/s1. The number of ether oxygens (including phenoxy) is 1. The predicted molar refractivity (Wildman–Crippen MR) is 130 cm³/mol. The van der Waals surface area contributed by atoms with Crippen LogP contribution in [0.2, 0.25) is 0 Å². The van der Waals surface area contributed by atoms with Gasteiger partial charge in [-0.2, -0.15) is 0 Å². The number of aryl methyl sites for hydroxylation is 1. The van der Waals surface area contributed by atoms with E-state index < -0.39 is 6.04 Å². The van der Waals surface area contributed by atoms with Gasteiger partial charge in [0.15, 0.2) is 11.0 Å². The van der Waals surface area contributed by atoms with Gasteiger partial charge in [-0.1, -0.05) is 36.0 Å². The molecule has 0 spiro atoms. The van der Waals surface area contributed by atoms with Crippen LogP contribution in [0.3, 0.4) is 0 Å². The fourth-order valence-corrected chi connectivity index (χ4v) is 3.90. The maximum atomic E-state index is 12.6. The maximum Gasteiger partial charge on any atom is 0.251 e. The minimum absolute atomic E-state index is 0.134. The van der Waals surface area contributed by atoms with Crippen LogP contribution >= 0.6 is 11.8 Å². The lowest BCUT2D eigenvalue weighted by molar-refractivity contribution is -0.113. The summed E-state index contributed by atoms with van der Waals surface area (Å²) in [6.45, 7) is 8.03. The quantitative estimate of drug-likeness (QED) is 0.347. The van der Waals surface area contributed by atoms with Gasteiger partial charge in [0, 0.05) is 17.8 Å². The van der Waals surface area contributed by atoms with Crippen LogP contribution < -0.4 is 15.4 Å². The first-order chi connectivity index (χ1) is 15.9. The van der Waals surface area contributed by atoms with E-state index in [1.54, 1.807) is 37.5 Å². The van der Waals surface area contributed by atoms with Gasteiger partial charge in [0.1, 0.15) is 5.75 Å². The Hall–Kier alpha value is -3.59. The number of hydrogen-bond donors (Lipinski definition) is 2. The van der Waals surface area contributed by atoms with E-state index in [2.05, 4.69) is 27.4 Å². The number of hydrogen-bond acceptors (Lipinski definition) is 6. The van der Waals surface area contributed by atoms with Crippen LogP contribution in [-0.4, -0.2) is 39.4 Å². The molecule has 0 aliphatic carbocycles. The SMILES string of the molecule is C=CCn1c(SCC(=O)Nc2ccccc2C)nnc1[C@@H](C)NC(=O)c1ccc(OC)cc1. The molecule has 2 aromatic carbocycles. The summed E-state index contributed by atoms with van der Waals surface area (Å²) in [7, 11) is 1.57. The largest absolute Gasteiger partial charge is 0.497 e. The molecule has 3 aromatic rings. The molecule has 0 unspecified atom stereocenters. The highest BCUT2D eigenvalue weighted by Gasteiger charge is 2.20. The lowest BCUT2D eigenvalue weighted by atomic mass is 10.2. The maximum absolute atomic E-state index is 12.6. The van der Waals surface area contributed by atoms with Crippen LogP contribution in [0, 0.1) is 6.92 Å². The van der Waals surface area contributed by atoms with E-state index in [9.17, 15) is 9.59 Å². The zero-order valence-electron chi connectivity index (χ0n) is 18.9. The Kier molecular flexibility index (Phi) is 8.26. The first kappa shape index (κ1) is 24.1. The molecule has 1 aromatic heterocycles. The fourth-order valence-electron chi connectivity index (χ4n) is 3.14. The normalized spacial score (nSPS) is 11.5. The van der Waals surface area contributed by atoms with E-state index in [-0.39, 0.29) is 17.6 Å². The van der Waals surface area contributed by atoms with Crippen molar-refractivity contribution in [3.63, 3.8) is 0 Å². The summed E-state index contributed by atoms with van der Waals surface area (Å²) in [5.74, 6) is 1.07. The molecule has 0 saturated carbocycles. The minimum Gasteiger partial charge on any atom is -0.497 e. The smallest absolute Gasteiger partial charge is 0.251 e. The third kappa shape index (κ3) is 6.23. The van der Waals surface area contributed by atoms with Crippen molar-refractivity contribution in [3.8, 4) is 5.75 Å². The van der Waals surface area contributed by atoms with Gasteiger partial charge >= 0.3 is 0 Å². The van der Waals surface area contributed by atoms with E-state index >= 15 is 0 Å². The van der Waals surface area contributed by atoms with Gasteiger partial charge in [0.2, 0.25) is 5.91 Å².